The lowest BCUT2D eigenvalue weighted by Crippen LogP contribution is -2.37. The van der Waals surface area contributed by atoms with E-state index in [0.29, 0.717) is 6.54 Å². The summed E-state index contributed by atoms with van der Waals surface area (Å²) < 4.78 is 0. The van der Waals surface area contributed by atoms with Gasteiger partial charge >= 0.3 is 0 Å². The predicted molar refractivity (Wildman–Crippen MR) is 51.7 cm³/mol. The molecule has 1 saturated heterocycles. The minimum Gasteiger partial charge on any atom is -0.388 e. The second-order valence-corrected chi connectivity index (χ2v) is 3.35. The highest BCUT2D eigenvalue weighted by Crippen LogP contribution is 2.09. The molecular formula is C9H16N2O3. The van der Waals surface area contributed by atoms with Gasteiger partial charge in [-0.1, -0.05) is 6.08 Å². The summed E-state index contributed by atoms with van der Waals surface area (Å²) in [6.07, 6.45) is 0.0535. The van der Waals surface area contributed by atoms with Gasteiger partial charge in [-0.25, -0.2) is 0 Å². The highest BCUT2D eigenvalue weighted by molar-refractivity contribution is 5.78. The largest absolute Gasteiger partial charge is 0.388 e. The summed E-state index contributed by atoms with van der Waals surface area (Å²) in [6, 6.07) is 0. The summed E-state index contributed by atoms with van der Waals surface area (Å²) in [5.41, 5.74) is 0. The fourth-order valence-corrected chi connectivity index (χ4v) is 1.37. The Morgan fingerprint density at radius 2 is 2.07 bits per heavy atom. The quantitative estimate of drug-likeness (QED) is 0.374. The van der Waals surface area contributed by atoms with Gasteiger partial charge in [0.2, 0.25) is 5.91 Å². The molecule has 80 valence electrons. The number of likely N-dealkylation sites (tertiary alicyclic amines) is 1. The normalized spacial score (nSPS) is 26.6. The van der Waals surface area contributed by atoms with Crippen LogP contribution in [0.1, 0.15) is 0 Å². The number of hydrogen-bond acceptors (Lipinski definition) is 4. The molecule has 14 heavy (non-hydrogen) atoms. The van der Waals surface area contributed by atoms with Gasteiger partial charge in [0, 0.05) is 19.6 Å². The molecule has 5 nitrogen and oxygen atoms in total. The van der Waals surface area contributed by atoms with Crippen LogP contribution >= 0.6 is 0 Å². The van der Waals surface area contributed by atoms with Crippen LogP contribution in [0.4, 0.5) is 0 Å². The SMILES string of the molecule is C=CCNCC(=O)N1C[C@@H](O)[C@@H](O)C1. The molecular weight excluding hydrogens is 184 g/mol. The molecule has 1 fully saturated rings. The number of carbonyl (C=O) groups excluding carboxylic acids is 1. The van der Waals surface area contributed by atoms with Gasteiger partial charge in [-0.05, 0) is 0 Å². The first-order valence-corrected chi connectivity index (χ1v) is 4.60. The van der Waals surface area contributed by atoms with Gasteiger partial charge in [0.05, 0.1) is 18.8 Å². The number of amides is 1. The van der Waals surface area contributed by atoms with Crippen LogP contribution in [0.3, 0.4) is 0 Å². The Kier molecular flexibility index (Phi) is 4.06. The van der Waals surface area contributed by atoms with E-state index in [2.05, 4.69) is 11.9 Å². The van der Waals surface area contributed by atoms with E-state index in [1.54, 1.807) is 6.08 Å². The van der Waals surface area contributed by atoms with Gasteiger partial charge in [0.25, 0.3) is 0 Å². The van der Waals surface area contributed by atoms with Crippen LogP contribution in [0.15, 0.2) is 12.7 Å². The minimum atomic E-state index is -0.807. The fourth-order valence-electron chi connectivity index (χ4n) is 1.37. The zero-order chi connectivity index (χ0) is 10.6. The Morgan fingerprint density at radius 1 is 1.50 bits per heavy atom. The second kappa shape index (κ2) is 5.09. The first-order valence-electron chi connectivity index (χ1n) is 4.60. The van der Waals surface area contributed by atoms with E-state index in [1.807, 2.05) is 0 Å². The van der Waals surface area contributed by atoms with Crippen molar-refractivity contribution >= 4 is 5.91 Å². The average molecular weight is 200 g/mol. The van der Waals surface area contributed by atoms with Crippen molar-refractivity contribution in [3.8, 4) is 0 Å². The first-order chi connectivity index (χ1) is 6.65. The standard InChI is InChI=1S/C9H16N2O3/c1-2-3-10-4-9(14)11-5-7(12)8(13)6-11/h2,7-8,10,12-13H,1,3-6H2/t7-,8+. The molecule has 0 unspecified atom stereocenters. The third-order valence-corrected chi connectivity index (χ3v) is 2.18. The lowest BCUT2D eigenvalue weighted by atomic mass is 10.3. The van der Waals surface area contributed by atoms with Gasteiger partial charge in [-0.2, -0.15) is 0 Å². The Hall–Kier alpha value is -0.910. The molecule has 2 atom stereocenters. The molecule has 0 saturated carbocycles. The van der Waals surface area contributed by atoms with Crippen LogP contribution < -0.4 is 5.32 Å². The van der Waals surface area contributed by atoms with E-state index in [-0.39, 0.29) is 25.5 Å². The fraction of sp³-hybridized carbons (Fsp3) is 0.667. The Bertz CT molecular complexity index is 210. The third kappa shape index (κ3) is 2.80. The Balaban J connectivity index is 2.28. The monoisotopic (exact) mass is 200 g/mol. The number of nitrogens with one attached hydrogen (secondary N) is 1. The topological polar surface area (TPSA) is 72.8 Å². The second-order valence-electron chi connectivity index (χ2n) is 3.35. The van der Waals surface area contributed by atoms with Gasteiger partial charge in [-0.3, -0.25) is 4.79 Å². The van der Waals surface area contributed by atoms with Crippen molar-refractivity contribution in [3.63, 3.8) is 0 Å². The maximum Gasteiger partial charge on any atom is 0.236 e. The lowest BCUT2D eigenvalue weighted by molar-refractivity contribution is -0.129. The van der Waals surface area contributed by atoms with Crippen molar-refractivity contribution in [1.82, 2.24) is 10.2 Å². The molecule has 1 amide bonds. The number of β-amino-alcohol motifs (C(OH)–C–C–N with tert-alkyl or cyclic N) is 2. The highest BCUT2D eigenvalue weighted by atomic mass is 16.3. The van der Waals surface area contributed by atoms with Gasteiger partial charge < -0.3 is 20.4 Å². The van der Waals surface area contributed by atoms with Crippen molar-refractivity contribution in [2.45, 2.75) is 12.2 Å². The van der Waals surface area contributed by atoms with E-state index in [0.717, 1.165) is 0 Å². The van der Waals surface area contributed by atoms with Gasteiger partial charge in [0.1, 0.15) is 0 Å². The summed E-state index contributed by atoms with van der Waals surface area (Å²) >= 11 is 0. The summed E-state index contributed by atoms with van der Waals surface area (Å²) in [4.78, 5) is 12.9. The van der Waals surface area contributed by atoms with Crippen LogP contribution in [0, 0.1) is 0 Å². The van der Waals surface area contributed by atoms with E-state index >= 15 is 0 Å². The van der Waals surface area contributed by atoms with Gasteiger partial charge in [-0.15, -0.1) is 6.58 Å². The molecule has 5 heteroatoms. The summed E-state index contributed by atoms with van der Waals surface area (Å²) in [5, 5.41) is 21.3. The average Bonchev–Trinajstić information content (AvgIpc) is 2.47. The molecule has 3 N–H and O–H groups in total. The molecule has 0 radical (unpaired) electrons. The van der Waals surface area contributed by atoms with Crippen molar-refractivity contribution in [2.75, 3.05) is 26.2 Å². The van der Waals surface area contributed by atoms with Crippen LogP contribution in [-0.2, 0) is 4.79 Å². The first kappa shape index (κ1) is 11.2. The van der Waals surface area contributed by atoms with Crippen LogP contribution in [0.5, 0.6) is 0 Å². The molecule has 0 aromatic rings. The van der Waals surface area contributed by atoms with Crippen LogP contribution in [0.25, 0.3) is 0 Å². The highest BCUT2D eigenvalue weighted by Gasteiger charge is 2.31. The van der Waals surface area contributed by atoms with E-state index < -0.39 is 12.2 Å². The Labute approximate surface area is 83.0 Å². The zero-order valence-corrected chi connectivity index (χ0v) is 8.02. The molecule has 1 rings (SSSR count). The van der Waals surface area contributed by atoms with Crippen molar-refractivity contribution in [3.05, 3.63) is 12.7 Å². The zero-order valence-electron chi connectivity index (χ0n) is 8.02. The number of aliphatic hydroxyl groups excluding tert-OH is 2. The van der Waals surface area contributed by atoms with Crippen LogP contribution in [0.2, 0.25) is 0 Å². The van der Waals surface area contributed by atoms with Crippen molar-refractivity contribution in [2.24, 2.45) is 0 Å². The number of aliphatic hydroxyl groups is 2. The predicted octanol–water partition coefficient (Wildman–Crippen LogP) is -1.67. The van der Waals surface area contributed by atoms with E-state index in [9.17, 15) is 15.0 Å². The summed E-state index contributed by atoms with van der Waals surface area (Å²) in [5.74, 6) is -0.109. The molecule has 0 aromatic heterocycles. The van der Waals surface area contributed by atoms with E-state index in [4.69, 9.17) is 0 Å². The number of nitrogens with zero attached hydrogens (tertiary/aromatic N) is 1. The van der Waals surface area contributed by atoms with Crippen molar-refractivity contribution in [1.29, 1.82) is 0 Å². The third-order valence-electron chi connectivity index (χ3n) is 2.18. The maximum absolute atomic E-state index is 11.4. The summed E-state index contributed by atoms with van der Waals surface area (Å²) in [7, 11) is 0. The molecule has 1 aliphatic heterocycles. The molecule has 0 aliphatic carbocycles. The number of hydrogen-bond donors (Lipinski definition) is 3. The molecule has 0 bridgehead atoms. The molecule has 0 aromatic carbocycles. The minimum absolute atomic E-state index is 0.109. The molecule has 1 aliphatic rings. The number of carbonyl (C=O) groups is 1. The van der Waals surface area contributed by atoms with Crippen molar-refractivity contribution < 1.29 is 15.0 Å². The lowest BCUT2D eigenvalue weighted by Gasteiger charge is -2.15. The Morgan fingerprint density at radius 3 is 2.57 bits per heavy atom. The maximum atomic E-state index is 11.4. The summed E-state index contributed by atoms with van der Waals surface area (Å²) in [6.45, 7) is 4.74. The van der Waals surface area contributed by atoms with Gasteiger partial charge in [0.15, 0.2) is 0 Å². The van der Waals surface area contributed by atoms with E-state index in [1.165, 1.54) is 4.90 Å². The number of rotatable bonds is 4. The smallest absolute Gasteiger partial charge is 0.236 e. The molecule has 0 spiro atoms. The van der Waals surface area contributed by atoms with Crippen LogP contribution in [-0.4, -0.2) is 59.4 Å². The molecule has 1 heterocycles.